The van der Waals surface area contributed by atoms with Crippen molar-refractivity contribution in [2.45, 2.75) is 44.9 Å². The molecule has 3 aliphatic rings. The number of nitrogens with one attached hydrogen (secondary N) is 1. The van der Waals surface area contributed by atoms with Gasteiger partial charge < -0.3 is 24.3 Å². The van der Waals surface area contributed by atoms with Crippen LogP contribution in [0.5, 0.6) is 17.2 Å². The summed E-state index contributed by atoms with van der Waals surface area (Å²) in [6.45, 7) is 4.65. The van der Waals surface area contributed by atoms with Crippen molar-refractivity contribution in [3.05, 3.63) is 76.1 Å². The lowest BCUT2D eigenvalue weighted by Crippen LogP contribution is -2.36. The number of esters is 1. The number of ketones is 1. The molecule has 2 aromatic rings. The van der Waals surface area contributed by atoms with Crippen LogP contribution in [0.4, 0.5) is 0 Å². The monoisotopic (exact) mass is 475 g/mol. The highest BCUT2D eigenvalue weighted by atomic mass is 16.7. The molecular weight excluding hydrogens is 446 g/mol. The molecule has 0 unspecified atom stereocenters. The number of hydrogen-bond acceptors (Lipinski definition) is 7. The Balaban J connectivity index is 1.57. The Morgan fingerprint density at radius 1 is 1.11 bits per heavy atom. The van der Waals surface area contributed by atoms with Gasteiger partial charge in [-0.05, 0) is 49.4 Å². The topological polar surface area (TPSA) is 83.1 Å². The van der Waals surface area contributed by atoms with Crippen molar-refractivity contribution >= 4 is 11.8 Å². The molecular formula is C28H29NO6. The number of hydrogen-bond donors (Lipinski definition) is 1. The molecule has 35 heavy (non-hydrogen) atoms. The first kappa shape index (κ1) is 23.0. The van der Waals surface area contributed by atoms with E-state index in [2.05, 4.69) is 5.32 Å². The summed E-state index contributed by atoms with van der Waals surface area (Å²) in [5, 5.41) is 3.37. The van der Waals surface area contributed by atoms with Crippen molar-refractivity contribution in [3.8, 4) is 17.2 Å². The Bertz CT molecular complexity index is 1240. The van der Waals surface area contributed by atoms with Gasteiger partial charge in [0.25, 0.3) is 0 Å². The Labute approximate surface area is 204 Å². The number of carbonyl (C=O) groups is 2. The van der Waals surface area contributed by atoms with Gasteiger partial charge in [0.1, 0.15) is 5.75 Å². The third-order valence-electron chi connectivity index (χ3n) is 6.79. The van der Waals surface area contributed by atoms with Crippen molar-refractivity contribution in [2.75, 3.05) is 20.5 Å². The Hall–Kier alpha value is -3.74. The van der Waals surface area contributed by atoms with Crippen LogP contribution in [0.3, 0.4) is 0 Å². The second-order valence-corrected chi connectivity index (χ2v) is 9.01. The third-order valence-corrected chi connectivity index (χ3v) is 6.79. The maximum Gasteiger partial charge on any atom is 0.336 e. The minimum absolute atomic E-state index is 0.00520. The van der Waals surface area contributed by atoms with Crippen LogP contribution in [0.2, 0.25) is 0 Å². The molecule has 2 atom stereocenters. The summed E-state index contributed by atoms with van der Waals surface area (Å²) in [5.41, 5.74) is 4.40. The predicted octanol–water partition coefficient (Wildman–Crippen LogP) is 4.74. The largest absolute Gasteiger partial charge is 0.493 e. The van der Waals surface area contributed by atoms with Crippen LogP contribution in [0.25, 0.3) is 0 Å². The minimum Gasteiger partial charge on any atom is -0.493 e. The fraction of sp³-hybridized carbons (Fsp3) is 0.357. The van der Waals surface area contributed by atoms with Crippen LogP contribution in [0, 0.1) is 0 Å². The van der Waals surface area contributed by atoms with E-state index in [4.69, 9.17) is 18.9 Å². The molecule has 0 saturated heterocycles. The van der Waals surface area contributed by atoms with Gasteiger partial charge >= 0.3 is 5.97 Å². The predicted molar refractivity (Wildman–Crippen MR) is 129 cm³/mol. The van der Waals surface area contributed by atoms with Crippen molar-refractivity contribution in [3.63, 3.8) is 0 Å². The standard InChI is InChI=1S/C28H29NO6/c1-4-11-33-22-8-6-5-7-19(22)26-25(28(31)32-3)16(2)29-20-12-18(13-21(30)27(20)26)17-9-10-23-24(14-17)35-15-34-23/h5-10,14,18,26,29H,4,11-13,15H2,1-3H3/t18-,26+/m1/s1. The molecule has 7 heteroatoms. The van der Waals surface area contributed by atoms with E-state index in [0.717, 1.165) is 29.0 Å². The van der Waals surface area contributed by atoms with E-state index in [1.165, 1.54) is 7.11 Å². The van der Waals surface area contributed by atoms with Crippen molar-refractivity contribution < 1.29 is 28.5 Å². The van der Waals surface area contributed by atoms with Crippen molar-refractivity contribution in [1.82, 2.24) is 5.32 Å². The summed E-state index contributed by atoms with van der Waals surface area (Å²) in [6.07, 6.45) is 1.83. The van der Waals surface area contributed by atoms with Gasteiger partial charge in [0.05, 0.1) is 25.2 Å². The quantitative estimate of drug-likeness (QED) is 0.605. The number of carbonyl (C=O) groups excluding carboxylic acids is 2. The molecule has 0 spiro atoms. The first-order valence-electron chi connectivity index (χ1n) is 11.9. The van der Waals surface area contributed by atoms with E-state index >= 15 is 0 Å². The fourth-order valence-electron chi connectivity index (χ4n) is 5.20. The van der Waals surface area contributed by atoms with E-state index in [1.807, 2.05) is 56.3 Å². The van der Waals surface area contributed by atoms with Crippen molar-refractivity contribution in [2.24, 2.45) is 0 Å². The SMILES string of the molecule is CCCOc1ccccc1[C@H]1C(C(=O)OC)=C(C)NC2=C1C(=O)C[C@H](c1ccc3c(c1)OCO3)C2. The van der Waals surface area contributed by atoms with Gasteiger partial charge in [-0.3, -0.25) is 4.79 Å². The van der Waals surface area contributed by atoms with Gasteiger partial charge in [-0.25, -0.2) is 4.79 Å². The normalized spacial score (nSPS) is 20.9. The highest BCUT2D eigenvalue weighted by Gasteiger charge is 2.42. The number of methoxy groups -OCH3 is 1. The summed E-state index contributed by atoms with van der Waals surface area (Å²) in [6, 6.07) is 13.5. The molecule has 2 heterocycles. The third kappa shape index (κ3) is 4.16. The fourth-order valence-corrected chi connectivity index (χ4v) is 5.20. The van der Waals surface area contributed by atoms with E-state index in [-0.39, 0.29) is 18.5 Å². The van der Waals surface area contributed by atoms with E-state index in [9.17, 15) is 9.59 Å². The smallest absolute Gasteiger partial charge is 0.336 e. The summed E-state index contributed by atoms with van der Waals surface area (Å²) < 4.78 is 22.2. The maximum atomic E-state index is 13.7. The van der Waals surface area contributed by atoms with E-state index in [1.54, 1.807) is 0 Å². The molecule has 0 amide bonds. The summed E-state index contributed by atoms with van der Waals surface area (Å²) >= 11 is 0. The molecule has 2 aromatic carbocycles. The van der Waals surface area contributed by atoms with E-state index < -0.39 is 11.9 Å². The van der Waals surface area contributed by atoms with Gasteiger partial charge in [0.15, 0.2) is 17.3 Å². The van der Waals surface area contributed by atoms with Crippen LogP contribution >= 0.6 is 0 Å². The maximum absolute atomic E-state index is 13.7. The number of benzene rings is 2. The molecule has 5 rings (SSSR count). The Morgan fingerprint density at radius 3 is 2.71 bits per heavy atom. The lowest BCUT2D eigenvalue weighted by Gasteiger charge is -2.37. The number of fused-ring (bicyclic) bond motifs is 1. The number of rotatable bonds is 6. The molecule has 0 bridgehead atoms. The molecule has 7 nitrogen and oxygen atoms in total. The van der Waals surface area contributed by atoms with Crippen LogP contribution < -0.4 is 19.5 Å². The molecule has 2 aliphatic heterocycles. The van der Waals surface area contributed by atoms with Gasteiger partial charge in [0.2, 0.25) is 6.79 Å². The van der Waals surface area contributed by atoms with Crippen LogP contribution in [-0.2, 0) is 14.3 Å². The van der Waals surface area contributed by atoms with Crippen LogP contribution in [-0.4, -0.2) is 32.3 Å². The molecule has 0 radical (unpaired) electrons. The lowest BCUT2D eigenvalue weighted by atomic mass is 9.71. The lowest BCUT2D eigenvalue weighted by molar-refractivity contribution is -0.136. The minimum atomic E-state index is -0.558. The summed E-state index contributed by atoms with van der Waals surface area (Å²) in [4.78, 5) is 26.7. The number of para-hydroxylation sites is 1. The average molecular weight is 476 g/mol. The number of allylic oxidation sites excluding steroid dienone is 3. The Kier molecular flexibility index (Phi) is 6.24. The molecule has 1 aliphatic carbocycles. The zero-order valence-corrected chi connectivity index (χ0v) is 20.2. The number of ether oxygens (including phenoxy) is 4. The first-order chi connectivity index (χ1) is 17.0. The second kappa shape index (κ2) is 9.49. The highest BCUT2D eigenvalue weighted by Crippen LogP contribution is 2.48. The van der Waals surface area contributed by atoms with E-state index in [0.29, 0.717) is 47.8 Å². The zero-order valence-electron chi connectivity index (χ0n) is 20.2. The second-order valence-electron chi connectivity index (χ2n) is 9.01. The number of Topliss-reactive ketones (excluding diaryl/α,β-unsaturated/α-hetero) is 1. The van der Waals surface area contributed by atoms with Gasteiger partial charge in [-0.15, -0.1) is 0 Å². The van der Waals surface area contributed by atoms with Gasteiger partial charge in [-0.1, -0.05) is 31.2 Å². The number of dihydropyridines is 1. The zero-order chi connectivity index (χ0) is 24.5. The molecule has 1 N–H and O–H groups in total. The van der Waals surface area contributed by atoms with Gasteiger partial charge in [0, 0.05) is 29.0 Å². The summed E-state index contributed by atoms with van der Waals surface area (Å²) in [5.74, 6) is 1.08. The highest BCUT2D eigenvalue weighted by molar-refractivity contribution is 6.04. The molecule has 0 fully saturated rings. The van der Waals surface area contributed by atoms with Crippen LogP contribution in [0.1, 0.15) is 56.1 Å². The average Bonchev–Trinajstić information content (AvgIpc) is 3.34. The molecule has 182 valence electrons. The first-order valence-corrected chi connectivity index (χ1v) is 11.9. The Morgan fingerprint density at radius 2 is 1.91 bits per heavy atom. The van der Waals surface area contributed by atoms with Gasteiger partial charge in [-0.2, -0.15) is 0 Å². The van der Waals surface area contributed by atoms with Crippen molar-refractivity contribution in [1.29, 1.82) is 0 Å². The molecule has 0 saturated carbocycles. The van der Waals surface area contributed by atoms with Crippen LogP contribution in [0.15, 0.2) is 65.0 Å². The summed E-state index contributed by atoms with van der Waals surface area (Å²) in [7, 11) is 1.36. The molecule has 0 aromatic heterocycles.